The Hall–Kier alpha value is -2.00. The van der Waals surface area contributed by atoms with E-state index in [2.05, 4.69) is 9.55 Å². The second-order valence-electron chi connectivity index (χ2n) is 4.36. The number of fused-ring (bicyclic) bond motifs is 1. The highest BCUT2D eigenvalue weighted by atomic mass is 35.5. The molecule has 19 heavy (non-hydrogen) atoms. The van der Waals surface area contributed by atoms with Crippen molar-refractivity contribution in [2.24, 2.45) is 7.05 Å². The average Bonchev–Trinajstić information content (AvgIpc) is 2.75. The number of ether oxygens (including phenoxy) is 1. The normalized spacial score (nSPS) is 10.9. The zero-order chi connectivity index (χ0) is 13.4. The van der Waals surface area contributed by atoms with E-state index in [0.29, 0.717) is 5.02 Å². The number of halogens is 1. The number of methoxy groups -OCH3 is 1. The number of hydrogen-bond acceptors (Lipinski definition) is 2. The van der Waals surface area contributed by atoms with Crippen LogP contribution in [0.15, 0.2) is 42.5 Å². The van der Waals surface area contributed by atoms with Gasteiger partial charge in [0.2, 0.25) is 0 Å². The van der Waals surface area contributed by atoms with E-state index in [-0.39, 0.29) is 0 Å². The minimum atomic E-state index is 0.701. The second-order valence-corrected chi connectivity index (χ2v) is 4.79. The van der Waals surface area contributed by atoms with Crippen LogP contribution < -0.4 is 4.74 Å². The summed E-state index contributed by atoms with van der Waals surface area (Å²) in [5.41, 5.74) is 3.02. The summed E-state index contributed by atoms with van der Waals surface area (Å²) < 4.78 is 7.23. The molecule has 0 bridgehead atoms. The largest absolute Gasteiger partial charge is 0.497 e. The Balaban J connectivity index is 2.15. The van der Waals surface area contributed by atoms with E-state index in [1.807, 2.05) is 49.5 Å². The number of aromatic nitrogens is 2. The minimum Gasteiger partial charge on any atom is -0.497 e. The van der Waals surface area contributed by atoms with E-state index in [9.17, 15) is 0 Å². The molecule has 1 heterocycles. The molecule has 0 saturated heterocycles. The second kappa shape index (κ2) is 4.59. The highest BCUT2D eigenvalue weighted by Gasteiger charge is 2.10. The maximum atomic E-state index is 6.00. The van der Waals surface area contributed by atoms with Crippen LogP contribution in [0.3, 0.4) is 0 Å². The van der Waals surface area contributed by atoms with Crippen molar-refractivity contribution >= 4 is 22.6 Å². The van der Waals surface area contributed by atoms with Gasteiger partial charge < -0.3 is 9.30 Å². The molecule has 3 rings (SSSR count). The van der Waals surface area contributed by atoms with Crippen molar-refractivity contribution in [3.05, 3.63) is 47.5 Å². The van der Waals surface area contributed by atoms with Gasteiger partial charge in [-0.3, -0.25) is 0 Å². The molecule has 0 saturated carbocycles. The lowest BCUT2D eigenvalue weighted by Crippen LogP contribution is -1.92. The van der Waals surface area contributed by atoms with E-state index in [1.165, 1.54) is 0 Å². The lowest BCUT2D eigenvalue weighted by Gasteiger charge is -2.04. The van der Waals surface area contributed by atoms with Gasteiger partial charge >= 0.3 is 0 Å². The number of hydrogen-bond donors (Lipinski definition) is 0. The van der Waals surface area contributed by atoms with Gasteiger partial charge in [-0.05, 0) is 42.5 Å². The molecule has 2 aromatic carbocycles. The molecule has 0 aliphatic carbocycles. The first-order valence-corrected chi connectivity index (χ1v) is 6.33. The fourth-order valence-corrected chi connectivity index (χ4v) is 2.34. The number of nitrogens with zero attached hydrogens (tertiary/aromatic N) is 2. The van der Waals surface area contributed by atoms with Gasteiger partial charge in [-0.2, -0.15) is 0 Å². The summed E-state index contributed by atoms with van der Waals surface area (Å²) in [5, 5.41) is 0.701. The maximum Gasteiger partial charge on any atom is 0.140 e. The van der Waals surface area contributed by atoms with Gasteiger partial charge in [-0.15, -0.1) is 0 Å². The predicted octanol–water partition coefficient (Wildman–Crippen LogP) is 3.90. The average molecular weight is 273 g/mol. The molecule has 0 N–H and O–H groups in total. The van der Waals surface area contributed by atoms with Crippen molar-refractivity contribution < 1.29 is 4.74 Å². The van der Waals surface area contributed by atoms with E-state index >= 15 is 0 Å². The Morgan fingerprint density at radius 3 is 2.53 bits per heavy atom. The molecule has 96 valence electrons. The molecule has 3 nitrogen and oxygen atoms in total. The van der Waals surface area contributed by atoms with Crippen molar-refractivity contribution in [2.45, 2.75) is 0 Å². The Kier molecular flexibility index (Phi) is 2.91. The van der Waals surface area contributed by atoms with Crippen LogP contribution in [0.25, 0.3) is 22.4 Å². The van der Waals surface area contributed by atoms with Crippen molar-refractivity contribution in [1.82, 2.24) is 9.55 Å². The smallest absolute Gasteiger partial charge is 0.140 e. The summed E-state index contributed by atoms with van der Waals surface area (Å²) in [5.74, 6) is 1.76. The fourth-order valence-electron chi connectivity index (χ4n) is 2.17. The Morgan fingerprint density at radius 2 is 1.84 bits per heavy atom. The van der Waals surface area contributed by atoms with E-state index in [4.69, 9.17) is 16.3 Å². The summed E-state index contributed by atoms with van der Waals surface area (Å²) in [4.78, 5) is 4.64. The first-order valence-electron chi connectivity index (χ1n) is 5.95. The third-order valence-corrected chi connectivity index (χ3v) is 3.43. The molecule has 3 aromatic rings. The van der Waals surface area contributed by atoms with Crippen LogP contribution in [0.2, 0.25) is 5.02 Å². The summed E-state index contributed by atoms with van der Waals surface area (Å²) in [6.07, 6.45) is 0. The standard InChI is InChI=1S/C15H13ClN2O/c1-18-14-8-5-11(16)9-13(14)17-15(18)10-3-6-12(19-2)7-4-10/h3-9H,1-2H3. The first-order chi connectivity index (χ1) is 9.19. The topological polar surface area (TPSA) is 27.1 Å². The molecule has 0 amide bonds. The van der Waals surface area contributed by atoms with Gasteiger partial charge in [0.1, 0.15) is 11.6 Å². The number of benzene rings is 2. The number of aryl methyl sites for hydroxylation is 1. The number of rotatable bonds is 2. The molecule has 0 fully saturated rings. The minimum absolute atomic E-state index is 0.701. The first kappa shape index (κ1) is 12.1. The molecule has 0 aliphatic heterocycles. The van der Waals surface area contributed by atoms with E-state index in [0.717, 1.165) is 28.2 Å². The lowest BCUT2D eigenvalue weighted by molar-refractivity contribution is 0.415. The molecule has 0 radical (unpaired) electrons. The highest BCUT2D eigenvalue weighted by Crippen LogP contribution is 2.26. The summed E-state index contributed by atoms with van der Waals surface area (Å²) >= 11 is 6.00. The summed E-state index contributed by atoms with van der Waals surface area (Å²) in [6, 6.07) is 13.6. The van der Waals surface area contributed by atoms with Crippen LogP contribution in [0.4, 0.5) is 0 Å². The summed E-state index contributed by atoms with van der Waals surface area (Å²) in [6.45, 7) is 0. The zero-order valence-electron chi connectivity index (χ0n) is 10.7. The molecule has 0 aliphatic rings. The van der Waals surface area contributed by atoms with Gasteiger partial charge in [0, 0.05) is 17.6 Å². The van der Waals surface area contributed by atoms with Crippen LogP contribution in [-0.4, -0.2) is 16.7 Å². The van der Waals surface area contributed by atoms with E-state index < -0.39 is 0 Å². The van der Waals surface area contributed by atoms with Gasteiger partial charge in [0.25, 0.3) is 0 Å². The third-order valence-electron chi connectivity index (χ3n) is 3.19. The monoisotopic (exact) mass is 272 g/mol. The van der Waals surface area contributed by atoms with Crippen LogP contribution in [0.5, 0.6) is 5.75 Å². The quantitative estimate of drug-likeness (QED) is 0.707. The third kappa shape index (κ3) is 2.06. The molecular formula is C15H13ClN2O. The van der Waals surface area contributed by atoms with Crippen molar-refractivity contribution in [3.8, 4) is 17.1 Å². The van der Waals surface area contributed by atoms with Crippen molar-refractivity contribution in [2.75, 3.05) is 7.11 Å². The van der Waals surface area contributed by atoms with Crippen LogP contribution in [-0.2, 0) is 7.05 Å². The lowest BCUT2D eigenvalue weighted by atomic mass is 10.2. The summed E-state index contributed by atoms with van der Waals surface area (Å²) in [7, 11) is 3.66. The van der Waals surface area contributed by atoms with Crippen molar-refractivity contribution in [1.29, 1.82) is 0 Å². The molecule has 0 spiro atoms. The van der Waals surface area contributed by atoms with Gasteiger partial charge in [-0.1, -0.05) is 11.6 Å². The van der Waals surface area contributed by atoms with Gasteiger partial charge in [-0.25, -0.2) is 4.98 Å². The highest BCUT2D eigenvalue weighted by molar-refractivity contribution is 6.31. The number of imidazole rings is 1. The van der Waals surface area contributed by atoms with Gasteiger partial charge in [0.15, 0.2) is 0 Å². The van der Waals surface area contributed by atoms with Crippen molar-refractivity contribution in [3.63, 3.8) is 0 Å². The molecule has 4 heteroatoms. The molecule has 1 aromatic heterocycles. The molecule has 0 atom stereocenters. The van der Waals surface area contributed by atoms with Crippen LogP contribution in [0, 0.1) is 0 Å². The Morgan fingerprint density at radius 1 is 1.11 bits per heavy atom. The van der Waals surface area contributed by atoms with Crippen LogP contribution in [0.1, 0.15) is 0 Å². The fraction of sp³-hybridized carbons (Fsp3) is 0.133. The SMILES string of the molecule is COc1ccc(-c2nc3cc(Cl)ccc3n2C)cc1. The van der Waals surface area contributed by atoms with Gasteiger partial charge in [0.05, 0.1) is 18.1 Å². The molecule has 0 unspecified atom stereocenters. The maximum absolute atomic E-state index is 6.00. The predicted molar refractivity (Wildman–Crippen MR) is 77.7 cm³/mol. The zero-order valence-corrected chi connectivity index (χ0v) is 11.5. The molecular weight excluding hydrogens is 260 g/mol. The van der Waals surface area contributed by atoms with Crippen LogP contribution >= 0.6 is 11.6 Å². The Bertz CT molecular complexity index is 732. The Labute approximate surface area is 116 Å². The van der Waals surface area contributed by atoms with E-state index in [1.54, 1.807) is 7.11 Å².